The second-order valence-electron chi connectivity index (χ2n) is 5.57. The minimum absolute atomic E-state index is 0.229. The number of amides is 1. The summed E-state index contributed by atoms with van der Waals surface area (Å²) in [5, 5.41) is 2.76. The molecule has 2 aromatic heterocycles. The van der Waals surface area contributed by atoms with Crippen molar-refractivity contribution in [2.45, 2.75) is 0 Å². The van der Waals surface area contributed by atoms with Crippen LogP contribution < -0.4 is 10.2 Å². The van der Waals surface area contributed by atoms with Gasteiger partial charge in [0.15, 0.2) is 0 Å². The molecule has 2 heterocycles. The standard InChI is InChI=1S/C19H18N4O/c1-23(2)17-8-6-14(7-9-17)15-11-16(13-20-12-15)19(24)22-18-5-3-4-10-21-18/h3-13H,1-2H3,(H,21,22,24). The van der Waals surface area contributed by atoms with Crippen LogP contribution in [0.4, 0.5) is 11.5 Å². The fourth-order valence-corrected chi connectivity index (χ4v) is 2.30. The summed E-state index contributed by atoms with van der Waals surface area (Å²) in [7, 11) is 4.00. The van der Waals surface area contributed by atoms with Gasteiger partial charge in [0.1, 0.15) is 5.82 Å². The maximum Gasteiger partial charge on any atom is 0.258 e. The highest BCUT2D eigenvalue weighted by molar-refractivity contribution is 6.04. The zero-order valence-corrected chi connectivity index (χ0v) is 13.6. The molecule has 120 valence electrons. The summed E-state index contributed by atoms with van der Waals surface area (Å²) in [6.45, 7) is 0. The van der Waals surface area contributed by atoms with Gasteiger partial charge in [-0.15, -0.1) is 0 Å². The van der Waals surface area contributed by atoms with Crippen LogP contribution in [0.5, 0.6) is 0 Å². The van der Waals surface area contributed by atoms with E-state index in [4.69, 9.17) is 0 Å². The Hall–Kier alpha value is -3.21. The molecule has 0 aliphatic carbocycles. The summed E-state index contributed by atoms with van der Waals surface area (Å²) in [5.41, 5.74) is 3.53. The van der Waals surface area contributed by atoms with Gasteiger partial charge in [0, 0.05) is 43.9 Å². The van der Waals surface area contributed by atoms with Crippen LogP contribution in [-0.4, -0.2) is 30.0 Å². The summed E-state index contributed by atoms with van der Waals surface area (Å²) in [6, 6.07) is 15.3. The Morgan fingerprint density at radius 3 is 2.46 bits per heavy atom. The number of hydrogen-bond donors (Lipinski definition) is 1. The highest BCUT2D eigenvalue weighted by Gasteiger charge is 2.09. The van der Waals surface area contributed by atoms with Gasteiger partial charge in [-0.2, -0.15) is 0 Å². The number of pyridine rings is 2. The minimum Gasteiger partial charge on any atom is -0.378 e. The lowest BCUT2D eigenvalue weighted by atomic mass is 10.1. The molecule has 1 N–H and O–H groups in total. The lowest BCUT2D eigenvalue weighted by Gasteiger charge is -2.13. The van der Waals surface area contributed by atoms with Crippen LogP contribution in [0.3, 0.4) is 0 Å². The van der Waals surface area contributed by atoms with E-state index in [2.05, 4.69) is 15.3 Å². The average molecular weight is 318 g/mol. The van der Waals surface area contributed by atoms with Gasteiger partial charge in [-0.3, -0.25) is 9.78 Å². The summed E-state index contributed by atoms with van der Waals surface area (Å²) >= 11 is 0. The van der Waals surface area contributed by atoms with Crippen molar-refractivity contribution in [2.75, 3.05) is 24.3 Å². The van der Waals surface area contributed by atoms with E-state index >= 15 is 0 Å². The summed E-state index contributed by atoms with van der Waals surface area (Å²) in [4.78, 5) is 22.7. The largest absolute Gasteiger partial charge is 0.378 e. The number of aromatic nitrogens is 2. The molecule has 5 nitrogen and oxygen atoms in total. The summed E-state index contributed by atoms with van der Waals surface area (Å²) in [6.07, 6.45) is 4.94. The number of rotatable bonds is 4. The molecular formula is C19H18N4O. The highest BCUT2D eigenvalue weighted by Crippen LogP contribution is 2.22. The van der Waals surface area contributed by atoms with Crippen LogP contribution >= 0.6 is 0 Å². The Morgan fingerprint density at radius 1 is 1.00 bits per heavy atom. The third-order valence-corrected chi connectivity index (χ3v) is 3.62. The Labute approximate surface area is 141 Å². The van der Waals surface area contributed by atoms with Gasteiger partial charge in [0.2, 0.25) is 0 Å². The lowest BCUT2D eigenvalue weighted by molar-refractivity contribution is 0.102. The molecule has 0 spiro atoms. The van der Waals surface area contributed by atoms with E-state index in [0.29, 0.717) is 11.4 Å². The Morgan fingerprint density at radius 2 is 1.79 bits per heavy atom. The lowest BCUT2D eigenvalue weighted by Crippen LogP contribution is -2.13. The van der Waals surface area contributed by atoms with Crippen LogP contribution in [0.15, 0.2) is 67.1 Å². The first-order chi connectivity index (χ1) is 11.6. The number of carbonyl (C=O) groups excluding carboxylic acids is 1. The maximum atomic E-state index is 12.3. The van der Waals surface area contributed by atoms with Crippen molar-refractivity contribution in [1.29, 1.82) is 0 Å². The molecule has 0 aliphatic rings. The highest BCUT2D eigenvalue weighted by atomic mass is 16.1. The number of hydrogen-bond acceptors (Lipinski definition) is 4. The average Bonchev–Trinajstić information content (AvgIpc) is 2.63. The first kappa shape index (κ1) is 15.7. The molecule has 0 unspecified atom stereocenters. The SMILES string of the molecule is CN(C)c1ccc(-c2cncc(C(=O)Nc3ccccn3)c2)cc1. The molecule has 0 bridgehead atoms. The second kappa shape index (κ2) is 6.91. The molecule has 0 aliphatic heterocycles. The Balaban J connectivity index is 1.82. The van der Waals surface area contributed by atoms with E-state index in [1.807, 2.05) is 55.4 Å². The molecule has 1 aromatic carbocycles. The fourth-order valence-electron chi connectivity index (χ4n) is 2.30. The van der Waals surface area contributed by atoms with Crippen LogP contribution in [-0.2, 0) is 0 Å². The number of benzene rings is 1. The molecule has 0 radical (unpaired) electrons. The fraction of sp³-hybridized carbons (Fsp3) is 0.105. The third-order valence-electron chi connectivity index (χ3n) is 3.62. The minimum atomic E-state index is -0.229. The molecule has 24 heavy (non-hydrogen) atoms. The van der Waals surface area contributed by atoms with Crippen molar-refractivity contribution in [2.24, 2.45) is 0 Å². The van der Waals surface area contributed by atoms with Crippen molar-refractivity contribution in [3.05, 3.63) is 72.7 Å². The van der Waals surface area contributed by atoms with E-state index in [1.54, 1.807) is 30.7 Å². The normalized spacial score (nSPS) is 10.2. The predicted octanol–water partition coefficient (Wildman–Crippen LogP) is 3.46. The van der Waals surface area contributed by atoms with Crippen molar-refractivity contribution >= 4 is 17.4 Å². The zero-order chi connectivity index (χ0) is 16.9. The smallest absolute Gasteiger partial charge is 0.258 e. The van der Waals surface area contributed by atoms with Crippen LogP contribution in [0.2, 0.25) is 0 Å². The quantitative estimate of drug-likeness (QED) is 0.800. The summed E-state index contributed by atoms with van der Waals surface area (Å²) < 4.78 is 0. The van der Waals surface area contributed by atoms with Crippen LogP contribution in [0, 0.1) is 0 Å². The number of anilines is 2. The van der Waals surface area contributed by atoms with E-state index in [0.717, 1.165) is 16.8 Å². The molecule has 5 heteroatoms. The van der Waals surface area contributed by atoms with Gasteiger partial charge < -0.3 is 10.2 Å². The van der Waals surface area contributed by atoms with Gasteiger partial charge in [-0.25, -0.2) is 4.98 Å². The van der Waals surface area contributed by atoms with Gasteiger partial charge in [-0.1, -0.05) is 18.2 Å². The maximum absolute atomic E-state index is 12.3. The predicted molar refractivity (Wildman–Crippen MR) is 96.2 cm³/mol. The van der Waals surface area contributed by atoms with E-state index in [9.17, 15) is 4.79 Å². The molecule has 0 saturated carbocycles. The monoisotopic (exact) mass is 318 g/mol. The molecule has 3 rings (SSSR count). The Kier molecular flexibility index (Phi) is 4.52. The van der Waals surface area contributed by atoms with Crippen LogP contribution in [0.1, 0.15) is 10.4 Å². The molecule has 0 saturated heterocycles. The molecular weight excluding hydrogens is 300 g/mol. The second-order valence-corrected chi connectivity index (χ2v) is 5.57. The first-order valence-corrected chi connectivity index (χ1v) is 7.59. The van der Waals surface area contributed by atoms with E-state index < -0.39 is 0 Å². The molecule has 3 aromatic rings. The third kappa shape index (κ3) is 3.57. The van der Waals surface area contributed by atoms with Crippen molar-refractivity contribution in [1.82, 2.24) is 9.97 Å². The van der Waals surface area contributed by atoms with Gasteiger partial charge in [0.05, 0.1) is 5.56 Å². The van der Waals surface area contributed by atoms with Crippen molar-refractivity contribution < 1.29 is 4.79 Å². The van der Waals surface area contributed by atoms with Gasteiger partial charge in [0.25, 0.3) is 5.91 Å². The summed E-state index contributed by atoms with van der Waals surface area (Å²) in [5.74, 6) is 0.288. The van der Waals surface area contributed by atoms with Crippen LogP contribution in [0.25, 0.3) is 11.1 Å². The van der Waals surface area contributed by atoms with Crippen molar-refractivity contribution in [3.8, 4) is 11.1 Å². The van der Waals surface area contributed by atoms with Gasteiger partial charge >= 0.3 is 0 Å². The Bertz CT molecular complexity index is 830. The van der Waals surface area contributed by atoms with E-state index in [1.165, 1.54) is 0 Å². The number of nitrogens with one attached hydrogen (secondary N) is 1. The first-order valence-electron chi connectivity index (χ1n) is 7.59. The molecule has 0 atom stereocenters. The topological polar surface area (TPSA) is 58.1 Å². The zero-order valence-electron chi connectivity index (χ0n) is 13.6. The van der Waals surface area contributed by atoms with Crippen molar-refractivity contribution in [3.63, 3.8) is 0 Å². The number of carbonyl (C=O) groups is 1. The molecule has 0 fully saturated rings. The van der Waals surface area contributed by atoms with E-state index in [-0.39, 0.29) is 5.91 Å². The number of nitrogens with zero attached hydrogens (tertiary/aromatic N) is 3. The molecule has 1 amide bonds. The van der Waals surface area contributed by atoms with Gasteiger partial charge in [-0.05, 0) is 35.9 Å².